The molecule has 6 heteroatoms. The summed E-state index contributed by atoms with van der Waals surface area (Å²) in [6, 6.07) is 4.61. The molecule has 1 aliphatic rings. The van der Waals surface area contributed by atoms with E-state index in [-0.39, 0.29) is 17.8 Å². The highest BCUT2D eigenvalue weighted by atomic mass is 19.1. The molecule has 1 amide bonds. The quantitative estimate of drug-likeness (QED) is 0.764. The Hall–Kier alpha value is -2.76. The fourth-order valence-electron chi connectivity index (χ4n) is 3.23. The average molecular weight is 310 g/mol. The van der Waals surface area contributed by atoms with Crippen molar-refractivity contribution in [2.24, 2.45) is 0 Å². The van der Waals surface area contributed by atoms with E-state index in [1.165, 1.54) is 24.7 Å². The Morgan fingerprint density at radius 2 is 2.26 bits per heavy atom. The van der Waals surface area contributed by atoms with Crippen LogP contribution in [-0.2, 0) is 6.42 Å². The van der Waals surface area contributed by atoms with Crippen LogP contribution in [0.25, 0.3) is 10.9 Å². The van der Waals surface area contributed by atoms with E-state index in [0.29, 0.717) is 5.69 Å². The van der Waals surface area contributed by atoms with E-state index in [9.17, 15) is 9.18 Å². The van der Waals surface area contributed by atoms with Gasteiger partial charge in [0.05, 0.1) is 12.2 Å². The van der Waals surface area contributed by atoms with Crippen molar-refractivity contribution in [3.05, 3.63) is 59.6 Å². The van der Waals surface area contributed by atoms with Crippen molar-refractivity contribution in [2.75, 3.05) is 0 Å². The molecule has 4 rings (SSSR count). The van der Waals surface area contributed by atoms with E-state index in [0.717, 1.165) is 41.4 Å². The fraction of sp³-hybridized carbons (Fsp3) is 0.235. The van der Waals surface area contributed by atoms with Crippen LogP contribution in [0.5, 0.6) is 0 Å². The number of carbonyl (C=O) groups is 1. The summed E-state index contributed by atoms with van der Waals surface area (Å²) in [6.45, 7) is 0. The number of amides is 1. The van der Waals surface area contributed by atoms with Gasteiger partial charge < -0.3 is 10.3 Å². The number of aromatic amines is 1. The SMILES string of the molecule is O=C(N[C@@H]1CCCc2c1[nH]c1ccc(F)cc21)c1cnccn1. The topological polar surface area (TPSA) is 70.7 Å². The lowest BCUT2D eigenvalue weighted by molar-refractivity contribution is 0.0926. The van der Waals surface area contributed by atoms with Crippen molar-refractivity contribution in [2.45, 2.75) is 25.3 Å². The van der Waals surface area contributed by atoms with Crippen LogP contribution in [0.1, 0.15) is 40.6 Å². The summed E-state index contributed by atoms with van der Waals surface area (Å²) in [4.78, 5) is 23.6. The van der Waals surface area contributed by atoms with Gasteiger partial charge in [-0.1, -0.05) is 0 Å². The third kappa shape index (κ3) is 2.46. The number of H-pyrrole nitrogens is 1. The highest BCUT2D eigenvalue weighted by molar-refractivity contribution is 5.92. The van der Waals surface area contributed by atoms with Gasteiger partial charge in [0.1, 0.15) is 11.5 Å². The standard InChI is InChI=1S/C17H15FN4O/c18-10-4-5-13-12(8-10)11-2-1-3-14(16(11)21-13)22-17(23)15-9-19-6-7-20-15/h4-9,14,21H,1-3H2,(H,22,23)/t14-/m1/s1. The number of hydrogen-bond donors (Lipinski definition) is 2. The minimum Gasteiger partial charge on any atom is -0.356 e. The Morgan fingerprint density at radius 1 is 1.35 bits per heavy atom. The Labute approximate surface area is 132 Å². The lowest BCUT2D eigenvalue weighted by Crippen LogP contribution is -2.31. The highest BCUT2D eigenvalue weighted by Crippen LogP contribution is 2.35. The Bertz CT molecular complexity index is 875. The molecule has 5 nitrogen and oxygen atoms in total. The second-order valence-electron chi connectivity index (χ2n) is 5.72. The van der Waals surface area contributed by atoms with Gasteiger partial charge in [0.25, 0.3) is 5.91 Å². The summed E-state index contributed by atoms with van der Waals surface area (Å²) in [5.74, 6) is -0.495. The first-order chi connectivity index (χ1) is 11.2. The predicted molar refractivity (Wildman–Crippen MR) is 83.4 cm³/mol. The average Bonchev–Trinajstić information content (AvgIpc) is 2.95. The number of hydrogen-bond acceptors (Lipinski definition) is 3. The maximum absolute atomic E-state index is 13.5. The highest BCUT2D eigenvalue weighted by Gasteiger charge is 2.26. The molecule has 0 saturated heterocycles. The van der Waals surface area contributed by atoms with E-state index < -0.39 is 0 Å². The number of aromatic nitrogens is 3. The van der Waals surface area contributed by atoms with Crippen LogP contribution in [0.2, 0.25) is 0 Å². The predicted octanol–water partition coefficient (Wildman–Crippen LogP) is 2.90. The van der Waals surface area contributed by atoms with Gasteiger partial charge in [0.15, 0.2) is 0 Å². The molecule has 1 aromatic carbocycles. The normalized spacial score (nSPS) is 17.0. The van der Waals surface area contributed by atoms with Gasteiger partial charge in [-0.05, 0) is 43.0 Å². The maximum Gasteiger partial charge on any atom is 0.272 e. The van der Waals surface area contributed by atoms with Crippen molar-refractivity contribution in [3.63, 3.8) is 0 Å². The zero-order valence-electron chi connectivity index (χ0n) is 12.3. The van der Waals surface area contributed by atoms with Crippen molar-refractivity contribution in [1.82, 2.24) is 20.3 Å². The number of aryl methyl sites for hydroxylation is 1. The number of carbonyl (C=O) groups excluding carboxylic acids is 1. The van der Waals surface area contributed by atoms with Crippen molar-refractivity contribution >= 4 is 16.8 Å². The van der Waals surface area contributed by atoms with Crippen LogP contribution in [-0.4, -0.2) is 20.9 Å². The van der Waals surface area contributed by atoms with Crippen LogP contribution >= 0.6 is 0 Å². The summed E-state index contributed by atoms with van der Waals surface area (Å²) >= 11 is 0. The van der Waals surface area contributed by atoms with Gasteiger partial charge in [-0.25, -0.2) is 9.37 Å². The smallest absolute Gasteiger partial charge is 0.272 e. The third-order valence-electron chi connectivity index (χ3n) is 4.27. The molecule has 0 fully saturated rings. The molecule has 0 unspecified atom stereocenters. The second kappa shape index (κ2) is 5.46. The van der Waals surface area contributed by atoms with Gasteiger partial charge in [-0.15, -0.1) is 0 Å². The lowest BCUT2D eigenvalue weighted by Gasteiger charge is -2.23. The zero-order valence-corrected chi connectivity index (χ0v) is 12.3. The van der Waals surface area contributed by atoms with Crippen LogP contribution in [0, 0.1) is 5.82 Å². The van der Waals surface area contributed by atoms with E-state index in [1.54, 1.807) is 12.1 Å². The van der Waals surface area contributed by atoms with Crippen molar-refractivity contribution < 1.29 is 9.18 Å². The number of nitrogens with zero attached hydrogens (tertiary/aromatic N) is 2. The van der Waals surface area contributed by atoms with Gasteiger partial charge in [0.2, 0.25) is 0 Å². The van der Waals surface area contributed by atoms with E-state index >= 15 is 0 Å². The molecule has 0 aliphatic heterocycles. The second-order valence-corrected chi connectivity index (χ2v) is 5.72. The molecular weight excluding hydrogens is 295 g/mol. The molecule has 2 N–H and O–H groups in total. The number of halogens is 1. The first-order valence-electron chi connectivity index (χ1n) is 7.59. The molecule has 23 heavy (non-hydrogen) atoms. The minimum atomic E-state index is -0.249. The lowest BCUT2D eigenvalue weighted by atomic mass is 9.91. The summed E-state index contributed by atoms with van der Waals surface area (Å²) < 4.78 is 13.5. The molecular formula is C17H15FN4O. The monoisotopic (exact) mass is 310 g/mol. The van der Waals surface area contributed by atoms with Crippen molar-refractivity contribution in [1.29, 1.82) is 0 Å². The number of benzene rings is 1. The molecule has 0 radical (unpaired) electrons. The summed E-state index contributed by atoms with van der Waals surface area (Å²) in [6.07, 6.45) is 7.14. The van der Waals surface area contributed by atoms with E-state index in [1.807, 2.05) is 0 Å². The van der Waals surface area contributed by atoms with Gasteiger partial charge in [0, 0.05) is 29.0 Å². The fourth-order valence-corrected chi connectivity index (χ4v) is 3.23. The van der Waals surface area contributed by atoms with Crippen molar-refractivity contribution in [3.8, 4) is 0 Å². The first kappa shape index (κ1) is 13.9. The number of fused-ring (bicyclic) bond motifs is 3. The third-order valence-corrected chi connectivity index (χ3v) is 4.27. The van der Waals surface area contributed by atoms with Gasteiger partial charge in [-0.2, -0.15) is 0 Å². The van der Waals surface area contributed by atoms with Crippen LogP contribution in [0.4, 0.5) is 4.39 Å². The van der Waals surface area contributed by atoms with Gasteiger partial charge >= 0.3 is 0 Å². The maximum atomic E-state index is 13.5. The number of nitrogens with one attached hydrogen (secondary N) is 2. The molecule has 3 aromatic rings. The zero-order chi connectivity index (χ0) is 15.8. The summed E-state index contributed by atoms with van der Waals surface area (Å²) in [5, 5.41) is 3.90. The first-order valence-corrected chi connectivity index (χ1v) is 7.59. The van der Waals surface area contributed by atoms with Crippen LogP contribution < -0.4 is 5.32 Å². The van der Waals surface area contributed by atoms with Gasteiger partial charge in [-0.3, -0.25) is 9.78 Å². The van der Waals surface area contributed by atoms with E-state index in [2.05, 4.69) is 20.3 Å². The molecule has 1 aliphatic carbocycles. The Kier molecular flexibility index (Phi) is 3.29. The molecule has 0 spiro atoms. The molecule has 0 bridgehead atoms. The molecule has 0 saturated carbocycles. The van der Waals surface area contributed by atoms with Crippen LogP contribution in [0.3, 0.4) is 0 Å². The largest absolute Gasteiger partial charge is 0.356 e. The summed E-state index contributed by atoms with van der Waals surface area (Å²) in [7, 11) is 0. The van der Waals surface area contributed by atoms with E-state index in [4.69, 9.17) is 0 Å². The minimum absolute atomic E-state index is 0.122. The van der Waals surface area contributed by atoms with Crippen LogP contribution in [0.15, 0.2) is 36.8 Å². The molecule has 1 atom stereocenters. The molecule has 2 aromatic heterocycles. The molecule has 116 valence electrons. The Morgan fingerprint density at radius 3 is 3.09 bits per heavy atom. The Balaban J connectivity index is 1.68. The summed E-state index contributed by atoms with van der Waals surface area (Å²) in [5.41, 5.74) is 3.25. The molecule has 2 heterocycles. The number of rotatable bonds is 2.